The van der Waals surface area contributed by atoms with Gasteiger partial charge in [0.05, 0.1) is 54.6 Å². The molecule has 312 valence electrons. The topological polar surface area (TPSA) is 187 Å². The van der Waals surface area contributed by atoms with Gasteiger partial charge in [-0.05, 0) is 45.4 Å². The molecular weight excluding hydrogens is 784 g/mol. The second kappa shape index (κ2) is 21.9. The van der Waals surface area contributed by atoms with Crippen molar-refractivity contribution in [1.29, 1.82) is 0 Å². The summed E-state index contributed by atoms with van der Waals surface area (Å²) in [7, 11) is 0. The quantitative estimate of drug-likeness (QED) is 0.0881. The van der Waals surface area contributed by atoms with Crippen LogP contribution in [0.1, 0.15) is 98.1 Å². The minimum absolute atomic E-state index is 0.0117. The molecule has 1 heterocycles. The number of amides is 4. The zero-order chi connectivity index (χ0) is 42.4. The van der Waals surface area contributed by atoms with E-state index in [0.29, 0.717) is 25.7 Å². The molecule has 14 nitrogen and oxygen atoms in total. The van der Waals surface area contributed by atoms with Crippen LogP contribution in [0.15, 0.2) is 12.1 Å². The molecule has 0 bridgehead atoms. The lowest BCUT2D eigenvalue weighted by molar-refractivity contribution is -0.145. The molecule has 3 aliphatic rings. The van der Waals surface area contributed by atoms with Gasteiger partial charge in [0.2, 0.25) is 11.8 Å². The number of benzene rings is 2. The Balaban J connectivity index is 0.000000244. The molecule has 4 amide bonds. The molecule has 2 aromatic rings. The highest BCUT2D eigenvalue weighted by molar-refractivity contribution is 6.18. The lowest BCUT2D eigenvalue weighted by Crippen LogP contribution is -2.34. The van der Waals surface area contributed by atoms with E-state index in [-0.39, 0.29) is 103 Å². The van der Waals surface area contributed by atoms with Crippen molar-refractivity contribution in [3.63, 3.8) is 0 Å². The molecule has 2 aliphatic carbocycles. The van der Waals surface area contributed by atoms with Crippen molar-refractivity contribution in [3.8, 4) is 0 Å². The highest BCUT2D eigenvalue weighted by Gasteiger charge is 2.36. The fourth-order valence-electron chi connectivity index (χ4n) is 6.11. The molecule has 3 N–H and O–H groups in total. The van der Waals surface area contributed by atoms with Crippen LogP contribution in [-0.4, -0.2) is 85.9 Å². The fraction of sp³-hybridized carbons (Fsp3) is 0.500. The molecule has 57 heavy (non-hydrogen) atoms. The second-order valence-corrected chi connectivity index (χ2v) is 13.4. The molecule has 5 rings (SSSR count). The number of halogens is 5. The summed E-state index contributed by atoms with van der Waals surface area (Å²) in [5.74, 6) is -4.62. The van der Waals surface area contributed by atoms with E-state index in [1.165, 1.54) is 20.8 Å². The van der Waals surface area contributed by atoms with Crippen molar-refractivity contribution in [1.82, 2.24) is 10.6 Å². The first-order valence-electron chi connectivity index (χ1n) is 18.2. The van der Waals surface area contributed by atoms with E-state index in [4.69, 9.17) is 21.1 Å². The Morgan fingerprint density at radius 1 is 0.842 bits per heavy atom. The smallest absolute Gasteiger partial charge is 0.414 e. The zero-order valence-electron chi connectivity index (χ0n) is 31.9. The summed E-state index contributed by atoms with van der Waals surface area (Å²) in [5.41, 5.74) is -0.860. The van der Waals surface area contributed by atoms with Gasteiger partial charge in [0.25, 0.3) is 0 Å². The Morgan fingerprint density at radius 3 is 1.91 bits per heavy atom. The van der Waals surface area contributed by atoms with Crippen LogP contribution in [0, 0.1) is 23.3 Å². The molecule has 2 atom stereocenters. The number of Topliss-reactive ketones (excluding diaryl/α,β-unsaturated/α-hetero) is 2. The number of ether oxygens (including phenoxy) is 3. The zero-order valence-corrected chi connectivity index (χ0v) is 32.7. The van der Waals surface area contributed by atoms with Gasteiger partial charge in [-0.15, -0.1) is 11.6 Å². The summed E-state index contributed by atoms with van der Waals surface area (Å²) in [4.78, 5) is 80.0. The van der Waals surface area contributed by atoms with E-state index in [1.807, 2.05) is 0 Å². The first-order valence-corrected chi connectivity index (χ1v) is 18.7. The number of cyclic esters (lactones) is 1. The van der Waals surface area contributed by atoms with Crippen molar-refractivity contribution in [2.45, 2.75) is 91.3 Å². The van der Waals surface area contributed by atoms with Gasteiger partial charge in [-0.25, -0.2) is 27.2 Å². The maximum absolute atomic E-state index is 14.9. The van der Waals surface area contributed by atoms with Crippen LogP contribution in [-0.2, 0) is 41.4 Å². The van der Waals surface area contributed by atoms with Crippen LogP contribution in [0.3, 0.4) is 0 Å². The molecule has 1 saturated heterocycles. The Hall–Kier alpha value is -5.26. The SMILES string of the molecule is CC(=O)NC[C@@H](CCl)OC(C)=O.CC(=O)NC[C@H]1CN(c2cc(F)c3c(c2F)CCCCC3=O)C(=O)O1.CCOC(=O)Nc1cc(F)c2c(c1F)CCCCC2=O. The minimum Gasteiger partial charge on any atom is -0.459 e. The number of hydrogen-bond acceptors (Lipinski definition) is 10. The van der Waals surface area contributed by atoms with Gasteiger partial charge in [-0.1, -0.05) is 0 Å². The molecule has 0 unspecified atom stereocenters. The number of nitrogens with zero attached hydrogens (tertiary/aromatic N) is 1. The van der Waals surface area contributed by atoms with Crippen LogP contribution in [0.2, 0.25) is 0 Å². The number of esters is 1. The lowest BCUT2D eigenvalue weighted by atomic mass is 9.99. The largest absolute Gasteiger partial charge is 0.459 e. The number of ketones is 2. The van der Waals surface area contributed by atoms with Crippen LogP contribution >= 0.6 is 11.6 Å². The summed E-state index contributed by atoms with van der Waals surface area (Å²) in [6, 6.07) is 1.70. The number of nitrogens with one attached hydrogen (secondary N) is 3. The number of anilines is 2. The third-order valence-corrected chi connectivity index (χ3v) is 9.01. The van der Waals surface area contributed by atoms with Gasteiger partial charge in [0.15, 0.2) is 23.2 Å². The Kier molecular flexibility index (Phi) is 17.7. The van der Waals surface area contributed by atoms with Gasteiger partial charge >= 0.3 is 18.2 Å². The van der Waals surface area contributed by atoms with E-state index in [9.17, 15) is 51.1 Å². The van der Waals surface area contributed by atoms with E-state index < -0.39 is 65.2 Å². The average molecular weight is 829 g/mol. The van der Waals surface area contributed by atoms with Crippen LogP contribution in [0.25, 0.3) is 0 Å². The lowest BCUT2D eigenvalue weighted by Gasteiger charge is -2.18. The van der Waals surface area contributed by atoms with Crippen molar-refractivity contribution >= 4 is 64.5 Å². The molecule has 0 aromatic heterocycles. The molecular formula is C38H45ClF4N4O10. The van der Waals surface area contributed by atoms with Gasteiger partial charge in [-0.2, -0.15) is 0 Å². The van der Waals surface area contributed by atoms with Gasteiger partial charge in [0.1, 0.15) is 23.8 Å². The first kappa shape index (κ1) is 46.1. The summed E-state index contributed by atoms with van der Waals surface area (Å²) in [5, 5.41) is 7.17. The molecule has 2 aromatic carbocycles. The van der Waals surface area contributed by atoms with Gasteiger partial charge in [0, 0.05) is 56.9 Å². The average Bonchev–Trinajstić information content (AvgIpc) is 3.26. The number of fused-ring (bicyclic) bond motifs is 2. The number of hydrogen-bond donors (Lipinski definition) is 3. The van der Waals surface area contributed by atoms with Crippen LogP contribution in [0.4, 0.5) is 38.5 Å². The predicted molar refractivity (Wildman–Crippen MR) is 198 cm³/mol. The van der Waals surface area contributed by atoms with Crippen molar-refractivity contribution in [2.75, 3.05) is 42.3 Å². The summed E-state index contributed by atoms with van der Waals surface area (Å²) in [6.45, 7) is 6.08. The molecule has 0 saturated carbocycles. The highest BCUT2D eigenvalue weighted by atomic mass is 35.5. The number of carbonyl (C=O) groups is 7. The fourth-order valence-corrected chi connectivity index (χ4v) is 6.28. The van der Waals surface area contributed by atoms with Crippen molar-refractivity contribution in [2.24, 2.45) is 0 Å². The molecule has 0 spiro atoms. The number of alkyl halides is 1. The van der Waals surface area contributed by atoms with E-state index in [2.05, 4.69) is 20.7 Å². The highest BCUT2D eigenvalue weighted by Crippen LogP contribution is 2.34. The molecule has 1 fully saturated rings. The summed E-state index contributed by atoms with van der Waals surface area (Å²) < 4.78 is 72.1. The normalized spacial score (nSPS) is 16.4. The minimum atomic E-state index is -0.856. The molecule has 1 aliphatic heterocycles. The third-order valence-electron chi connectivity index (χ3n) is 8.66. The second-order valence-electron chi connectivity index (χ2n) is 13.1. The standard InChI is InChI=1S/C17H18F2N2O4.C14H15F2NO3.C7H12ClNO3/c1-9(22)20-7-10-8-21(17(24)25-10)13-6-12(18)15-11(16(13)19)4-2-3-5-14(15)23;1-2-20-14(19)17-10-7-9(15)12-8(13(10)16)5-3-4-6-11(12)18;1-5(10)9-4-7(3-8)12-6(2)11/h6,10H,2-5,7-8H2,1H3,(H,20,22);7H,2-6H2,1H3,(H,17,19);7H,3-4H2,1-2H3,(H,9,10)/t10-;;7-/m0.1/s1. The Morgan fingerprint density at radius 2 is 1.39 bits per heavy atom. The van der Waals surface area contributed by atoms with E-state index in [1.54, 1.807) is 6.92 Å². The number of carbonyl (C=O) groups excluding carboxylic acids is 7. The first-order chi connectivity index (χ1) is 27.0. The predicted octanol–water partition coefficient (Wildman–Crippen LogP) is 6.07. The Labute approximate surface area is 331 Å². The van der Waals surface area contributed by atoms with Crippen molar-refractivity contribution in [3.05, 3.63) is 57.7 Å². The van der Waals surface area contributed by atoms with Gasteiger partial charge in [-0.3, -0.25) is 34.2 Å². The maximum Gasteiger partial charge on any atom is 0.414 e. The Bertz CT molecular complexity index is 1860. The van der Waals surface area contributed by atoms with E-state index >= 15 is 0 Å². The van der Waals surface area contributed by atoms with Crippen molar-refractivity contribution < 1.29 is 65.3 Å². The molecule has 0 radical (unpaired) electrons. The monoisotopic (exact) mass is 828 g/mol. The summed E-state index contributed by atoms with van der Waals surface area (Å²) >= 11 is 5.47. The van der Waals surface area contributed by atoms with Crippen LogP contribution < -0.4 is 20.9 Å². The molecule has 19 heteroatoms. The number of rotatable bonds is 9. The van der Waals surface area contributed by atoms with Gasteiger partial charge < -0.3 is 24.8 Å². The summed E-state index contributed by atoms with van der Waals surface area (Å²) in [6.07, 6.45) is 0.539. The van der Waals surface area contributed by atoms with Crippen LogP contribution in [0.5, 0.6) is 0 Å². The third kappa shape index (κ3) is 13.2. The van der Waals surface area contributed by atoms with E-state index in [0.717, 1.165) is 17.0 Å². The maximum atomic E-state index is 14.9.